The highest BCUT2D eigenvalue weighted by atomic mass is 35.5. The Hall–Kier alpha value is -1.62. The normalized spacial score (nSPS) is 10.6. The zero-order valence-electron chi connectivity index (χ0n) is 13.0. The number of halogens is 1. The van der Waals surface area contributed by atoms with Crippen molar-refractivity contribution in [2.75, 3.05) is 0 Å². The molecule has 1 N–H and O–H groups in total. The molecule has 0 unspecified atom stereocenters. The van der Waals surface area contributed by atoms with Gasteiger partial charge in [0.15, 0.2) is 0 Å². The molecule has 0 atom stereocenters. The third-order valence-corrected chi connectivity index (χ3v) is 3.74. The van der Waals surface area contributed by atoms with Crippen LogP contribution in [0.2, 0.25) is 0 Å². The quantitative estimate of drug-likeness (QED) is 0.434. The summed E-state index contributed by atoms with van der Waals surface area (Å²) in [6, 6.07) is 4.76. The van der Waals surface area contributed by atoms with Crippen molar-refractivity contribution >= 4 is 16.7 Å². The standard InChI is InChI=1S/C16H23N3O2.ClH/c1-2-3-4-5-6-7-8-9-16-17-14-11-10-13(19(20)21)12-15(14)18-16;/h10-12H,2-9H2,1H3,(H,17,18);1H/p-1. The van der Waals surface area contributed by atoms with E-state index in [9.17, 15) is 10.1 Å². The van der Waals surface area contributed by atoms with Crippen molar-refractivity contribution in [3.8, 4) is 0 Å². The maximum absolute atomic E-state index is 10.7. The van der Waals surface area contributed by atoms with Gasteiger partial charge in [-0.1, -0.05) is 45.4 Å². The fraction of sp³-hybridized carbons (Fsp3) is 0.562. The van der Waals surface area contributed by atoms with Gasteiger partial charge < -0.3 is 17.4 Å². The maximum atomic E-state index is 10.7. The van der Waals surface area contributed by atoms with Crippen molar-refractivity contribution in [3.05, 3.63) is 34.1 Å². The molecule has 0 saturated carbocycles. The fourth-order valence-corrected chi connectivity index (χ4v) is 2.53. The summed E-state index contributed by atoms with van der Waals surface area (Å²) in [5.41, 5.74) is 1.66. The molecule has 1 aromatic heterocycles. The first-order chi connectivity index (χ1) is 10.2. The molecule has 2 aromatic rings. The van der Waals surface area contributed by atoms with Crippen LogP contribution in [0.1, 0.15) is 57.7 Å². The van der Waals surface area contributed by atoms with Crippen molar-refractivity contribution in [1.29, 1.82) is 0 Å². The average molecular weight is 325 g/mol. The summed E-state index contributed by atoms with van der Waals surface area (Å²) >= 11 is 0. The van der Waals surface area contributed by atoms with E-state index < -0.39 is 0 Å². The van der Waals surface area contributed by atoms with Gasteiger partial charge in [-0.2, -0.15) is 0 Å². The number of aryl methyl sites for hydroxylation is 1. The molecule has 0 fully saturated rings. The Bertz CT molecular complexity index is 598. The molecule has 0 aliphatic carbocycles. The van der Waals surface area contributed by atoms with Gasteiger partial charge in [0, 0.05) is 18.6 Å². The van der Waals surface area contributed by atoms with Gasteiger partial charge in [-0.3, -0.25) is 10.1 Å². The lowest BCUT2D eigenvalue weighted by Gasteiger charge is -1.99. The average Bonchev–Trinajstić information content (AvgIpc) is 2.88. The Kier molecular flexibility index (Phi) is 7.88. The zero-order valence-corrected chi connectivity index (χ0v) is 13.7. The van der Waals surface area contributed by atoms with E-state index >= 15 is 0 Å². The number of rotatable bonds is 9. The second-order valence-corrected chi connectivity index (χ2v) is 5.51. The van der Waals surface area contributed by atoms with Crippen LogP contribution in [0, 0.1) is 10.1 Å². The number of nitro groups is 1. The molecule has 0 bridgehead atoms. The molecule has 122 valence electrons. The van der Waals surface area contributed by atoms with Gasteiger partial charge >= 0.3 is 0 Å². The highest BCUT2D eigenvalue weighted by Gasteiger charge is 2.09. The SMILES string of the molecule is CCCCCCCCCc1nc2ccc([N+](=O)[O-])cc2[nH]1.[Cl-]. The molecule has 0 radical (unpaired) electrons. The monoisotopic (exact) mass is 324 g/mol. The molecule has 0 saturated heterocycles. The Labute approximate surface area is 137 Å². The molecule has 1 heterocycles. The largest absolute Gasteiger partial charge is 1.00 e. The number of benzene rings is 1. The number of aromatic nitrogens is 2. The molecule has 5 nitrogen and oxygen atoms in total. The zero-order chi connectivity index (χ0) is 15.1. The van der Waals surface area contributed by atoms with Crippen LogP contribution in [-0.2, 0) is 6.42 Å². The molecule has 0 aliphatic rings. The fourth-order valence-electron chi connectivity index (χ4n) is 2.53. The number of unbranched alkanes of at least 4 members (excludes halogenated alkanes) is 6. The van der Waals surface area contributed by atoms with Crippen molar-refractivity contribution < 1.29 is 17.3 Å². The number of imidazole rings is 1. The van der Waals surface area contributed by atoms with Crippen LogP contribution in [0.4, 0.5) is 5.69 Å². The molecular formula is C16H23ClN3O2-. The summed E-state index contributed by atoms with van der Waals surface area (Å²) in [7, 11) is 0. The topological polar surface area (TPSA) is 71.8 Å². The van der Waals surface area contributed by atoms with E-state index in [0.717, 1.165) is 29.7 Å². The number of nitrogens with one attached hydrogen (secondary N) is 1. The van der Waals surface area contributed by atoms with Crippen molar-refractivity contribution in [2.45, 2.75) is 58.3 Å². The first-order valence-corrected chi connectivity index (χ1v) is 7.83. The summed E-state index contributed by atoms with van der Waals surface area (Å²) in [5.74, 6) is 0.930. The molecule has 0 spiro atoms. The van der Waals surface area contributed by atoms with Crippen LogP contribution in [0.15, 0.2) is 18.2 Å². The summed E-state index contributed by atoms with van der Waals surface area (Å²) in [6.45, 7) is 2.23. The van der Waals surface area contributed by atoms with Crippen LogP contribution in [0.5, 0.6) is 0 Å². The minimum atomic E-state index is -0.379. The van der Waals surface area contributed by atoms with Gasteiger partial charge in [0.2, 0.25) is 0 Å². The Morgan fingerprint density at radius 2 is 1.82 bits per heavy atom. The number of H-pyrrole nitrogens is 1. The lowest BCUT2D eigenvalue weighted by Crippen LogP contribution is -3.00. The molecule has 22 heavy (non-hydrogen) atoms. The number of non-ortho nitro benzene ring substituents is 1. The van der Waals surface area contributed by atoms with Gasteiger partial charge in [-0.25, -0.2) is 4.98 Å². The highest BCUT2D eigenvalue weighted by molar-refractivity contribution is 5.77. The molecule has 0 amide bonds. The number of nitro benzene ring substituents is 1. The van der Waals surface area contributed by atoms with Crippen LogP contribution < -0.4 is 12.4 Å². The molecule has 0 aliphatic heterocycles. The Morgan fingerprint density at radius 1 is 1.14 bits per heavy atom. The number of fused-ring (bicyclic) bond motifs is 1. The molecule has 6 heteroatoms. The van der Waals surface area contributed by atoms with E-state index in [-0.39, 0.29) is 23.0 Å². The van der Waals surface area contributed by atoms with Gasteiger partial charge in [0.1, 0.15) is 5.82 Å². The molecular weight excluding hydrogens is 302 g/mol. The third-order valence-electron chi connectivity index (χ3n) is 3.74. The number of aromatic amines is 1. The van der Waals surface area contributed by atoms with Crippen molar-refractivity contribution in [1.82, 2.24) is 9.97 Å². The number of nitrogens with zero attached hydrogens (tertiary/aromatic N) is 2. The summed E-state index contributed by atoms with van der Waals surface area (Å²) < 4.78 is 0. The Morgan fingerprint density at radius 3 is 2.50 bits per heavy atom. The van der Waals surface area contributed by atoms with Crippen LogP contribution in [0.25, 0.3) is 11.0 Å². The van der Waals surface area contributed by atoms with Crippen LogP contribution >= 0.6 is 0 Å². The third kappa shape index (κ3) is 5.30. The summed E-state index contributed by atoms with van der Waals surface area (Å²) in [5, 5.41) is 10.7. The van der Waals surface area contributed by atoms with E-state index in [1.165, 1.54) is 44.6 Å². The van der Waals surface area contributed by atoms with E-state index in [1.807, 2.05) is 0 Å². The first-order valence-electron chi connectivity index (χ1n) is 7.83. The lowest BCUT2D eigenvalue weighted by molar-refractivity contribution is -0.384. The highest BCUT2D eigenvalue weighted by Crippen LogP contribution is 2.19. The minimum absolute atomic E-state index is 0. The van der Waals surface area contributed by atoms with Gasteiger partial charge in [-0.15, -0.1) is 0 Å². The smallest absolute Gasteiger partial charge is 0.271 e. The lowest BCUT2D eigenvalue weighted by atomic mass is 10.1. The van der Waals surface area contributed by atoms with E-state index in [2.05, 4.69) is 16.9 Å². The second kappa shape index (κ2) is 9.41. The predicted molar refractivity (Wildman–Crippen MR) is 84.4 cm³/mol. The van der Waals surface area contributed by atoms with Crippen molar-refractivity contribution in [2.24, 2.45) is 0 Å². The van der Waals surface area contributed by atoms with Gasteiger partial charge in [-0.05, 0) is 12.5 Å². The first kappa shape index (κ1) is 18.4. The maximum Gasteiger partial charge on any atom is 0.271 e. The predicted octanol–water partition coefficient (Wildman–Crippen LogP) is 1.77. The van der Waals surface area contributed by atoms with Crippen LogP contribution in [0.3, 0.4) is 0 Å². The van der Waals surface area contributed by atoms with Crippen molar-refractivity contribution in [3.63, 3.8) is 0 Å². The summed E-state index contributed by atoms with van der Waals surface area (Å²) in [6.07, 6.45) is 9.81. The summed E-state index contributed by atoms with van der Waals surface area (Å²) in [4.78, 5) is 18.0. The number of hydrogen-bond acceptors (Lipinski definition) is 3. The number of hydrogen-bond donors (Lipinski definition) is 1. The van der Waals surface area contributed by atoms with E-state index in [4.69, 9.17) is 0 Å². The van der Waals surface area contributed by atoms with Gasteiger partial charge in [0.05, 0.1) is 16.0 Å². The minimum Gasteiger partial charge on any atom is -1.00 e. The van der Waals surface area contributed by atoms with Crippen LogP contribution in [-0.4, -0.2) is 14.9 Å². The van der Waals surface area contributed by atoms with Gasteiger partial charge in [0.25, 0.3) is 5.69 Å². The van der Waals surface area contributed by atoms with E-state index in [0.29, 0.717) is 0 Å². The van der Waals surface area contributed by atoms with E-state index in [1.54, 1.807) is 12.1 Å². The second-order valence-electron chi connectivity index (χ2n) is 5.51. The molecule has 1 aromatic carbocycles. The molecule has 2 rings (SSSR count). The Balaban J connectivity index is 0.00000242.